The molecular weight excluding hydrogens is 290 g/mol. The number of hydrogen-bond donors (Lipinski definition) is 0. The fourth-order valence-electron chi connectivity index (χ4n) is 2.64. The minimum atomic E-state index is 0.366. The van der Waals surface area contributed by atoms with Crippen molar-refractivity contribution in [2.45, 2.75) is 47.0 Å². The lowest BCUT2D eigenvalue weighted by molar-refractivity contribution is -0.131. The Morgan fingerprint density at radius 3 is 2.44 bits per heavy atom. The van der Waals surface area contributed by atoms with Crippen LogP contribution in [-0.2, 0) is 4.79 Å². The van der Waals surface area contributed by atoms with E-state index < -0.39 is 0 Å². The molecule has 0 aliphatic carbocycles. The SMILES string of the molecule is CC(C)C1CCC(=O)N(CC(CBr)C(C)C)CC1. The topological polar surface area (TPSA) is 20.3 Å². The molecule has 0 aromatic carbocycles. The number of amides is 1. The molecule has 1 saturated heterocycles. The Hall–Kier alpha value is -0.0500. The number of hydrogen-bond acceptors (Lipinski definition) is 1. The molecule has 3 heteroatoms. The summed E-state index contributed by atoms with van der Waals surface area (Å²) in [5.74, 6) is 2.99. The van der Waals surface area contributed by atoms with Gasteiger partial charge in [-0.2, -0.15) is 0 Å². The van der Waals surface area contributed by atoms with Crippen LogP contribution in [0.2, 0.25) is 0 Å². The van der Waals surface area contributed by atoms with Gasteiger partial charge in [0, 0.05) is 24.8 Å². The number of rotatable bonds is 5. The van der Waals surface area contributed by atoms with E-state index >= 15 is 0 Å². The summed E-state index contributed by atoms with van der Waals surface area (Å²) in [6.07, 6.45) is 3.00. The maximum atomic E-state index is 12.2. The normalized spacial score (nSPS) is 23.6. The zero-order chi connectivity index (χ0) is 13.7. The fraction of sp³-hybridized carbons (Fsp3) is 0.933. The van der Waals surface area contributed by atoms with Gasteiger partial charge < -0.3 is 4.90 Å². The number of alkyl halides is 1. The van der Waals surface area contributed by atoms with E-state index in [0.717, 1.165) is 37.2 Å². The number of likely N-dealkylation sites (tertiary alicyclic amines) is 1. The average molecular weight is 318 g/mol. The molecule has 1 aliphatic heterocycles. The molecule has 2 nitrogen and oxygen atoms in total. The Morgan fingerprint density at radius 2 is 1.94 bits per heavy atom. The van der Waals surface area contributed by atoms with E-state index in [0.29, 0.717) is 23.7 Å². The average Bonchev–Trinajstić information content (AvgIpc) is 2.48. The number of halogens is 1. The highest BCUT2D eigenvalue weighted by atomic mass is 79.9. The van der Waals surface area contributed by atoms with Crippen LogP contribution in [0.15, 0.2) is 0 Å². The number of carbonyl (C=O) groups excluding carboxylic acids is 1. The molecule has 0 saturated carbocycles. The van der Waals surface area contributed by atoms with Crippen LogP contribution >= 0.6 is 15.9 Å². The highest BCUT2D eigenvalue weighted by molar-refractivity contribution is 9.09. The molecule has 1 heterocycles. The summed E-state index contributed by atoms with van der Waals surface area (Å²) in [5.41, 5.74) is 0. The third-order valence-corrected chi connectivity index (χ3v) is 5.22. The Balaban J connectivity index is 2.57. The lowest BCUT2D eigenvalue weighted by atomic mass is 9.89. The largest absolute Gasteiger partial charge is 0.342 e. The van der Waals surface area contributed by atoms with Crippen molar-refractivity contribution in [2.75, 3.05) is 18.4 Å². The zero-order valence-corrected chi connectivity index (χ0v) is 13.9. The lowest BCUT2D eigenvalue weighted by Crippen LogP contribution is -2.37. The van der Waals surface area contributed by atoms with Gasteiger partial charge in [-0.3, -0.25) is 4.79 Å². The van der Waals surface area contributed by atoms with Crippen LogP contribution < -0.4 is 0 Å². The molecule has 0 N–H and O–H groups in total. The third-order valence-electron chi connectivity index (χ3n) is 4.39. The molecule has 0 radical (unpaired) electrons. The summed E-state index contributed by atoms with van der Waals surface area (Å²) in [5, 5.41) is 0.988. The van der Waals surface area contributed by atoms with Crippen molar-refractivity contribution < 1.29 is 4.79 Å². The first-order valence-corrected chi connectivity index (χ1v) is 8.41. The van der Waals surface area contributed by atoms with E-state index in [4.69, 9.17) is 0 Å². The van der Waals surface area contributed by atoms with Gasteiger partial charge in [-0.25, -0.2) is 0 Å². The van der Waals surface area contributed by atoms with Crippen LogP contribution in [0.25, 0.3) is 0 Å². The second kappa shape index (κ2) is 7.52. The van der Waals surface area contributed by atoms with Crippen LogP contribution in [0.4, 0.5) is 0 Å². The van der Waals surface area contributed by atoms with Crippen LogP contribution in [-0.4, -0.2) is 29.2 Å². The first-order valence-electron chi connectivity index (χ1n) is 7.29. The Labute approximate surface area is 121 Å². The van der Waals surface area contributed by atoms with Gasteiger partial charge in [0.05, 0.1) is 0 Å². The molecule has 1 aliphatic rings. The summed E-state index contributed by atoms with van der Waals surface area (Å²) in [6, 6.07) is 0. The van der Waals surface area contributed by atoms with Crippen LogP contribution in [0.1, 0.15) is 47.0 Å². The van der Waals surface area contributed by atoms with E-state index in [2.05, 4.69) is 48.5 Å². The van der Waals surface area contributed by atoms with Crippen molar-refractivity contribution in [2.24, 2.45) is 23.7 Å². The van der Waals surface area contributed by atoms with E-state index in [1.165, 1.54) is 6.42 Å². The Morgan fingerprint density at radius 1 is 1.28 bits per heavy atom. The zero-order valence-electron chi connectivity index (χ0n) is 12.3. The molecule has 0 spiro atoms. The van der Waals surface area contributed by atoms with Gasteiger partial charge >= 0.3 is 0 Å². The summed E-state index contributed by atoms with van der Waals surface area (Å²) in [4.78, 5) is 14.3. The van der Waals surface area contributed by atoms with E-state index in [9.17, 15) is 4.79 Å². The first-order chi connectivity index (χ1) is 8.45. The standard InChI is InChI=1S/C15H28BrNO/c1-11(2)13-5-6-15(18)17(8-7-13)10-14(9-16)12(3)4/h11-14H,5-10H2,1-4H3. The van der Waals surface area contributed by atoms with Crippen LogP contribution in [0.5, 0.6) is 0 Å². The predicted molar refractivity (Wildman–Crippen MR) is 80.9 cm³/mol. The maximum absolute atomic E-state index is 12.2. The second-order valence-corrected chi connectivity index (χ2v) is 6.98. The summed E-state index contributed by atoms with van der Waals surface area (Å²) in [7, 11) is 0. The van der Waals surface area contributed by atoms with E-state index in [1.54, 1.807) is 0 Å². The molecule has 106 valence electrons. The molecule has 0 aromatic rings. The fourth-order valence-corrected chi connectivity index (χ4v) is 3.59. The maximum Gasteiger partial charge on any atom is 0.222 e. The van der Waals surface area contributed by atoms with Gasteiger partial charge in [0.2, 0.25) is 5.91 Å². The Bertz CT molecular complexity index is 265. The molecule has 1 amide bonds. The second-order valence-electron chi connectivity index (χ2n) is 6.33. The van der Waals surface area contributed by atoms with Crippen molar-refractivity contribution >= 4 is 21.8 Å². The lowest BCUT2D eigenvalue weighted by Gasteiger charge is -2.28. The van der Waals surface area contributed by atoms with Gasteiger partial charge in [0.25, 0.3) is 0 Å². The van der Waals surface area contributed by atoms with Crippen LogP contribution in [0.3, 0.4) is 0 Å². The van der Waals surface area contributed by atoms with E-state index in [1.807, 2.05) is 0 Å². The van der Waals surface area contributed by atoms with E-state index in [-0.39, 0.29) is 0 Å². The molecule has 2 unspecified atom stereocenters. The van der Waals surface area contributed by atoms with Gasteiger partial charge in [0.15, 0.2) is 0 Å². The highest BCUT2D eigenvalue weighted by Gasteiger charge is 2.26. The van der Waals surface area contributed by atoms with Crippen molar-refractivity contribution in [3.05, 3.63) is 0 Å². The molecule has 2 atom stereocenters. The third kappa shape index (κ3) is 4.56. The first kappa shape index (κ1) is 16.0. The number of nitrogens with zero attached hydrogens (tertiary/aromatic N) is 1. The molecule has 0 aromatic heterocycles. The van der Waals surface area contributed by atoms with Gasteiger partial charge in [-0.15, -0.1) is 0 Å². The molecule has 0 bridgehead atoms. The predicted octanol–water partition coefficient (Wildman–Crippen LogP) is 3.94. The van der Waals surface area contributed by atoms with Crippen molar-refractivity contribution in [1.29, 1.82) is 0 Å². The van der Waals surface area contributed by atoms with Gasteiger partial charge in [-0.1, -0.05) is 43.6 Å². The summed E-state index contributed by atoms with van der Waals surface area (Å²) >= 11 is 3.58. The van der Waals surface area contributed by atoms with Gasteiger partial charge in [-0.05, 0) is 36.5 Å². The van der Waals surface area contributed by atoms with Crippen molar-refractivity contribution in [3.8, 4) is 0 Å². The van der Waals surface area contributed by atoms with Crippen molar-refractivity contribution in [3.63, 3.8) is 0 Å². The molecule has 18 heavy (non-hydrogen) atoms. The van der Waals surface area contributed by atoms with Gasteiger partial charge in [0.1, 0.15) is 0 Å². The minimum Gasteiger partial charge on any atom is -0.342 e. The van der Waals surface area contributed by atoms with Crippen LogP contribution in [0, 0.1) is 23.7 Å². The number of carbonyl (C=O) groups is 1. The minimum absolute atomic E-state index is 0.366. The molecular formula is C15H28BrNO. The van der Waals surface area contributed by atoms with Crippen molar-refractivity contribution in [1.82, 2.24) is 4.90 Å². The highest BCUT2D eigenvalue weighted by Crippen LogP contribution is 2.26. The summed E-state index contributed by atoms with van der Waals surface area (Å²) < 4.78 is 0. The molecule has 1 rings (SSSR count). The quantitative estimate of drug-likeness (QED) is 0.703. The monoisotopic (exact) mass is 317 g/mol. The smallest absolute Gasteiger partial charge is 0.222 e. The summed E-state index contributed by atoms with van der Waals surface area (Å²) in [6.45, 7) is 10.9. The Kier molecular flexibility index (Phi) is 6.68. The molecule has 1 fully saturated rings.